The third-order valence-corrected chi connectivity index (χ3v) is 5.98. The summed E-state index contributed by atoms with van der Waals surface area (Å²) in [5, 5.41) is 0. The number of nitrogens with zero attached hydrogens (tertiary/aromatic N) is 3. The van der Waals surface area contributed by atoms with E-state index >= 15 is 0 Å². The number of pyridine rings is 1. The largest absolute Gasteiger partial charge is 0.368 e. The molecule has 2 fully saturated rings. The minimum absolute atomic E-state index is 0.0738. The molecule has 154 valence electrons. The number of likely N-dealkylation sites (tertiary alicyclic amines) is 1. The maximum Gasteiger partial charge on any atom is 0.275 e. The van der Waals surface area contributed by atoms with Gasteiger partial charge < -0.3 is 14.5 Å². The average molecular weight is 397 g/mol. The number of carbonyl (C=O) groups is 1. The molecular formula is C23H28FN3O2. The minimum Gasteiger partial charge on any atom is -0.368 e. The fraction of sp³-hybridized carbons (Fsp3) is 0.478. The number of carbonyl (C=O) groups excluding carboxylic acids is 1. The molecule has 29 heavy (non-hydrogen) atoms. The first-order chi connectivity index (χ1) is 14.0. The van der Waals surface area contributed by atoms with Gasteiger partial charge in [-0.2, -0.15) is 0 Å². The Balaban J connectivity index is 1.37. The number of piperidine rings is 1. The van der Waals surface area contributed by atoms with Gasteiger partial charge in [0.1, 0.15) is 0 Å². The molecular weight excluding hydrogens is 369 g/mol. The molecule has 2 saturated heterocycles. The number of benzene rings is 1. The van der Waals surface area contributed by atoms with Crippen molar-refractivity contribution in [3.8, 4) is 0 Å². The topological polar surface area (TPSA) is 45.7 Å². The first kappa shape index (κ1) is 20.0. The molecule has 3 heterocycles. The Morgan fingerprint density at radius 2 is 1.97 bits per heavy atom. The van der Waals surface area contributed by atoms with Crippen LogP contribution in [0.2, 0.25) is 0 Å². The van der Waals surface area contributed by atoms with Gasteiger partial charge in [0.25, 0.3) is 5.91 Å². The summed E-state index contributed by atoms with van der Waals surface area (Å²) in [7, 11) is 0. The van der Waals surface area contributed by atoms with Gasteiger partial charge in [-0.05, 0) is 43.9 Å². The number of ether oxygens (including phenoxy) is 1. The van der Waals surface area contributed by atoms with Crippen molar-refractivity contribution in [1.29, 1.82) is 0 Å². The third kappa shape index (κ3) is 4.65. The van der Waals surface area contributed by atoms with Crippen LogP contribution >= 0.6 is 0 Å². The van der Waals surface area contributed by atoms with Crippen molar-refractivity contribution in [1.82, 2.24) is 14.8 Å². The monoisotopic (exact) mass is 397 g/mol. The van der Waals surface area contributed by atoms with Crippen LogP contribution in [0.5, 0.6) is 0 Å². The van der Waals surface area contributed by atoms with Gasteiger partial charge in [-0.1, -0.05) is 30.3 Å². The standard InChI is InChI=1S/C23H28FN3O2/c1-18-16-27(22(28)21-20(24)8-5-12-25-21)17-23(29-18)10-14-26(15-11-23)13-9-19-6-3-2-4-7-19/h2-8,12,18H,9-11,13-17H2,1H3. The molecule has 2 aliphatic heterocycles. The number of amides is 1. The fourth-order valence-electron chi connectivity index (χ4n) is 4.46. The van der Waals surface area contributed by atoms with Gasteiger partial charge in [0.2, 0.25) is 0 Å². The summed E-state index contributed by atoms with van der Waals surface area (Å²) in [6.07, 6.45) is 4.17. The molecule has 5 nitrogen and oxygen atoms in total. The van der Waals surface area contributed by atoms with Crippen LogP contribution < -0.4 is 0 Å². The summed E-state index contributed by atoms with van der Waals surface area (Å²) < 4.78 is 20.4. The van der Waals surface area contributed by atoms with Crippen LogP contribution in [0.3, 0.4) is 0 Å². The van der Waals surface area contributed by atoms with Gasteiger partial charge in [0.05, 0.1) is 18.2 Å². The molecule has 1 unspecified atom stereocenters. The molecule has 1 amide bonds. The van der Waals surface area contributed by atoms with Gasteiger partial charge in [0, 0.05) is 32.4 Å². The molecule has 0 saturated carbocycles. The highest BCUT2D eigenvalue weighted by molar-refractivity contribution is 5.92. The van der Waals surface area contributed by atoms with Gasteiger partial charge in [0.15, 0.2) is 11.5 Å². The molecule has 1 atom stereocenters. The Morgan fingerprint density at radius 1 is 1.21 bits per heavy atom. The zero-order valence-corrected chi connectivity index (χ0v) is 16.9. The highest BCUT2D eigenvalue weighted by Crippen LogP contribution is 2.33. The zero-order valence-electron chi connectivity index (χ0n) is 16.9. The Labute approximate surface area is 171 Å². The van der Waals surface area contributed by atoms with Crippen LogP contribution in [0.25, 0.3) is 0 Å². The molecule has 0 radical (unpaired) electrons. The van der Waals surface area contributed by atoms with Crippen LogP contribution in [0.15, 0.2) is 48.7 Å². The normalized spacial score (nSPS) is 22.0. The lowest BCUT2D eigenvalue weighted by Gasteiger charge is -2.49. The first-order valence-electron chi connectivity index (χ1n) is 10.4. The molecule has 0 bridgehead atoms. The quantitative estimate of drug-likeness (QED) is 0.795. The number of morpholine rings is 1. The number of aromatic nitrogens is 1. The highest BCUT2D eigenvalue weighted by atomic mass is 19.1. The Bertz CT molecular complexity index is 837. The SMILES string of the molecule is CC1CN(C(=O)c2ncccc2F)CC2(CCN(CCc3ccccc3)CC2)O1. The fourth-order valence-corrected chi connectivity index (χ4v) is 4.46. The smallest absolute Gasteiger partial charge is 0.275 e. The second kappa shape index (κ2) is 8.59. The lowest BCUT2D eigenvalue weighted by molar-refractivity contribution is -0.161. The van der Waals surface area contributed by atoms with Crippen molar-refractivity contribution >= 4 is 5.91 Å². The van der Waals surface area contributed by atoms with Gasteiger partial charge in [-0.3, -0.25) is 4.79 Å². The molecule has 1 spiro atoms. The third-order valence-electron chi connectivity index (χ3n) is 5.98. The van der Waals surface area contributed by atoms with E-state index in [2.05, 4.69) is 34.1 Å². The van der Waals surface area contributed by atoms with Crippen LogP contribution in [-0.2, 0) is 11.2 Å². The molecule has 1 aromatic carbocycles. The van der Waals surface area contributed by atoms with Crippen molar-refractivity contribution in [2.75, 3.05) is 32.7 Å². The maximum absolute atomic E-state index is 14.1. The van der Waals surface area contributed by atoms with Gasteiger partial charge >= 0.3 is 0 Å². The lowest BCUT2D eigenvalue weighted by Crippen LogP contribution is -2.60. The molecule has 2 aromatic rings. The van der Waals surface area contributed by atoms with Gasteiger partial charge in [-0.15, -0.1) is 0 Å². The number of hydrogen-bond donors (Lipinski definition) is 0. The van der Waals surface area contributed by atoms with Crippen molar-refractivity contribution in [3.05, 3.63) is 65.7 Å². The van der Waals surface area contributed by atoms with E-state index in [9.17, 15) is 9.18 Å². The van der Waals surface area contributed by atoms with E-state index < -0.39 is 5.82 Å². The number of rotatable bonds is 4. The minimum atomic E-state index is -0.568. The molecule has 6 heteroatoms. The second-order valence-electron chi connectivity index (χ2n) is 8.21. The van der Waals surface area contributed by atoms with E-state index in [0.717, 1.165) is 38.9 Å². The van der Waals surface area contributed by atoms with E-state index in [4.69, 9.17) is 4.74 Å². The van der Waals surface area contributed by atoms with Crippen LogP contribution in [0.4, 0.5) is 4.39 Å². The summed E-state index contributed by atoms with van der Waals surface area (Å²) in [4.78, 5) is 21.0. The van der Waals surface area contributed by atoms with Crippen molar-refractivity contribution in [2.45, 2.75) is 37.9 Å². The van der Waals surface area contributed by atoms with E-state index in [-0.39, 0.29) is 23.3 Å². The zero-order chi connectivity index (χ0) is 20.3. The summed E-state index contributed by atoms with van der Waals surface area (Å²) in [6.45, 7) is 5.86. The summed E-state index contributed by atoms with van der Waals surface area (Å²) in [5.74, 6) is -0.912. The molecule has 0 N–H and O–H groups in total. The molecule has 0 aliphatic carbocycles. The summed E-state index contributed by atoms with van der Waals surface area (Å²) in [5.41, 5.74) is 0.906. The maximum atomic E-state index is 14.1. The second-order valence-corrected chi connectivity index (χ2v) is 8.21. The van der Waals surface area contributed by atoms with E-state index in [1.165, 1.54) is 23.9 Å². The average Bonchev–Trinajstić information content (AvgIpc) is 2.73. The Hall–Kier alpha value is -2.31. The Kier molecular flexibility index (Phi) is 5.92. The van der Waals surface area contributed by atoms with Crippen molar-refractivity contribution in [2.24, 2.45) is 0 Å². The predicted molar refractivity (Wildman–Crippen MR) is 109 cm³/mol. The predicted octanol–water partition coefficient (Wildman–Crippen LogP) is 3.16. The molecule has 1 aromatic heterocycles. The van der Waals surface area contributed by atoms with E-state index in [0.29, 0.717) is 13.1 Å². The molecule has 2 aliphatic rings. The number of halogens is 1. The van der Waals surface area contributed by atoms with Crippen LogP contribution in [0, 0.1) is 5.82 Å². The highest BCUT2D eigenvalue weighted by Gasteiger charge is 2.43. The van der Waals surface area contributed by atoms with E-state index in [1.54, 1.807) is 4.90 Å². The summed E-state index contributed by atoms with van der Waals surface area (Å²) in [6, 6.07) is 13.3. The van der Waals surface area contributed by atoms with Gasteiger partial charge in [-0.25, -0.2) is 9.37 Å². The van der Waals surface area contributed by atoms with Crippen molar-refractivity contribution < 1.29 is 13.9 Å². The van der Waals surface area contributed by atoms with Crippen molar-refractivity contribution in [3.63, 3.8) is 0 Å². The number of hydrogen-bond acceptors (Lipinski definition) is 4. The van der Waals surface area contributed by atoms with E-state index in [1.807, 2.05) is 13.0 Å². The van der Waals surface area contributed by atoms with Crippen LogP contribution in [0.1, 0.15) is 35.8 Å². The van der Waals surface area contributed by atoms with Crippen LogP contribution in [-0.4, -0.2) is 65.1 Å². The first-order valence-corrected chi connectivity index (χ1v) is 10.4. The molecule has 4 rings (SSSR count). The summed E-state index contributed by atoms with van der Waals surface area (Å²) >= 11 is 0. The lowest BCUT2D eigenvalue weighted by atomic mass is 9.88. The Morgan fingerprint density at radius 3 is 2.69 bits per heavy atom.